The molecular formula is C22H21BrFNO3. The van der Waals surface area contributed by atoms with Crippen molar-refractivity contribution in [2.45, 2.75) is 13.2 Å². The summed E-state index contributed by atoms with van der Waals surface area (Å²) in [7, 11) is 3.25. The Morgan fingerprint density at radius 3 is 2.25 bits per heavy atom. The van der Waals surface area contributed by atoms with Crippen LogP contribution in [0.25, 0.3) is 0 Å². The summed E-state index contributed by atoms with van der Waals surface area (Å²) in [5, 5.41) is 3.37. The van der Waals surface area contributed by atoms with E-state index in [1.54, 1.807) is 26.4 Å². The number of rotatable bonds is 8. The van der Waals surface area contributed by atoms with E-state index in [0.717, 1.165) is 27.0 Å². The zero-order chi connectivity index (χ0) is 19.9. The average molecular weight is 446 g/mol. The zero-order valence-electron chi connectivity index (χ0n) is 15.7. The van der Waals surface area contributed by atoms with E-state index in [2.05, 4.69) is 21.2 Å². The Balaban J connectivity index is 1.68. The van der Waals surface area contributed by atoms with E-state index in [9.17, 15) is 4.39 Å². The van der Waals surface area contributed by atoms with Gasteiger partial charge in [-0.15, -0.1) is 0 Å². The Kier molecular flexibility index (Phi) is 6.76. The quantitative estimate of drug-likeness (QED) is 0.475. The topological polar surface area (TPSA) is 39.7 Å². The molecule has 0 amide bonds. The highest BCUT2D eigenvalue weighted by atomic mass is 79.9. The summed E-state index contributed by atoms with van der Waals surface area (Å²) in [6, 6.07) is 17.9. The summed E-state index contributed by atoms with van der Waals surface area (Å²) >= 11 is 3.56. The van der Waals surface area contributed by atoms with Gasteiger partial charge in [0.1, 0.15) is 18.2 Å². The number of nitrogens with one attached hydrogen (secondary N) is 1. The Bertz CT molecular complexity index is 914. The molecule has 0 aliphatic heterocycles. The molecule has 4 nitrogen and oxygen atoms in total. The van der Waals surface area contributed by atoms with Gasteiger partial charge < -0.3 is 19.5 Å². The second kappa shape index (κ2) is 9.46. The molecule has 0 fully saturated rings. The fourth-order valence-electron chi connectivity index (χ4n) is 2.66. The van der Waals surface area contributed by atoms with Gasteiger partial charge in [-0.05, 0) is 75.6 Å². The third-order valence-electron chi connectivity index (χ3n) is 4.17. The van der Waals surface area contributed by atoms with Crippen LogP contribution in [0.4, 0.5) is 10.1 Å². The number of methoxy groups -OCH3 is 2. The molecule has 3 aromatic rings. The van der Waals surface area contributed by atoms with E-state index >= 15 is 0 Å². The van der Waals surface area contributed by atoms with Crippen LogP contribution in [0.2, 0.25) is 0 Å². The molecule has 0 unspecified atom stereocenters. The summed E-state index contributed by atoms with van der Waals surface area (Å²) in [6.45, 7) is 0.943. The molecule has 0 saturated carbocycles. The van der Waals surface area contributed by atoms with Crippen molar-refractivity contribution in [2.24, 2.45) is 0 Å². The van der Waals surface area contributed by atoms with Gasteiger partial charge in [0, 0.05) is 12.2 Å². The largest absolute Gasteiger partial charge is 0.497 e. The molecular weight excluding hydrogens is 425 g/mol. The van der Waals surface area contributed by atoms with Gasteiger partial charge in [0.05, 0.1) is 18.7 Å². The number of ether oxygens (including phenoxy) is 3. The van der Waals surface area contributed by atoms with Crippen LogP contribution in [-0.2, 0) is 13.2 Å². The predicted molar refractivity (Wildman–Crippen MR) is 112 cm³/mol. The summed E-state index contributed by atoms with van der Waals surface area (Å²) < 4.78 is 30.4. The third kappa shape index (κ3) is 5.16. The van der Waals surface area contributed by atoms with E-state index in [0.29, 0.717) is 24.7 Å². The Morgan fingerprint density at radius 2 is 1.61 bits per heavy atom. The van der Waals surface area contributed by atoms with Crippen molar-refractivity contribution in [3.63, 3.8) is 0 Å². The predicted octanol–water partition coefficient (Wildman–Crippen LogP) is 5.80. The van der Waals surface area contributed by atoms with Crippen molar-refractivity contribution in [1.82, 2.24) is 0 Å². The highest BCUT2D eigenvalue weighted by molar-refractivity contribution is 9.10. The maximum atomic E-state index is 13.0. The van der Waals surface area contributed by atoms with E-state index < -0.39 is 0 Å². The molecule has 0 aliphatic carbocycles. The molecule has 0 bridgehead atoms. The fourth-order valence-corrected chi connectivity index (χ4v) is 3.27. The number of benzene rings is 3. The Labute approximate surface area is 172 Å². The molecule has 0 radical (unpaired) electrons. The minimum atomic E-state index is -0.267. The monoisotopic (exact) mass is 445 g/mol. The summed E-state index contributed by atoms with van der Waals surface area (Å²) in [6.07, 6.45) is 0. The van der Waals surface area contributed by atoms with E-state index in [1.807, 2.05) is 36.4 Å². The smallest absolute Gasteiger partial charge is 0.175 e. The molecule has 6 heteroatoms. The zero-order valence-corrected chi connectivity index (χ0v) is 17.3. The van der Waals surface area contributed by atoms with E-state index in [4.69, 9.17) is 14.2 Å². The summed E-state index contributed by atoms with van der Waals surface area (Å²) in [5.74, 6) is 1.79. The van der Waals surface area contributed by atoms with Gasteiger partial charge in [-0.2, -0.15) is 0 Å². The molecule has 0 aromatic heterocycles. The normalized spacial score (nSPS) is 10.4. The van der Waals surface area contributed by atoms with Crippen LogP contribution < -0.4 is 19.5 Å². The van der Waals surface area contributed by atoms with Gasteiger partial charge in [-0.3, -0.25) is 0 Å². The first-order chi connectivity index (χ1) is 13.6. The lowest BCUT2D eigenvalue weighted by atomic mass is 10.2. The molecule has 28 heavy (non-hydrogen) atoms. The second-order valence-electron chi connectivity index (χ2n) is 6.11. The minimum absolute atomic E-state index is 0.267. The third-order valence-corrected chi connectivity index (χ3v) is 4.76. The van der Waals surface area contributed by atoms with Crippen molar-refractivity contribution >= 4 is 21.6 Å². The standard InChI is InChI=1S/C22H21BrFNO3/c1-26-19-9-7-18(8-10-19)25-13-16-11-20(23)22(21(12-16)27-2)28-14-15-3-5-17(24)6-4-15/h3-12,25H,13-14H2,1-2H3. The van der Waals surface area contributed by atoms with Crippen molar-refractivity contribution in [2.75, 3.05) is 19.5 Å². The summed E-state index contributed by atoms with van der Waals surface area (Å²) in [5.41, 5.74) is 2.90. The second-order valence-corrected chi connectivity index (χ2v) is 6.96. The van der Waals surface area contributed by atoms with Crippen LogP contribution in [0.15, 0.2) is 65.1 Å². The fraction of sp³-hybridized carbons (Fsp3) is 0.182. The van der Waals surface area contributed by atoms with Crippen LogP contribution in [-0.4, -0.2) is 14.2 Å². The Morgan fingerprint density at radius 1 is 0.893 bits per heavy atom. The van der Waals surface area contributed by atoms with Crippen LogP contribution in [0, 0.1) is 5.82 Å². The van der Waals surface area contributed by atoms with Gasteiger partial charge in [0.25, 0.3) is 0 Å². The lowest BCUT2D eigenvalue weighted by Crippen LogP contribution is -2.03. The maximum absolute atomic E-state index is 13.0. The number of anilines is 1. The Hall–Kier alpha value is -2.73. The van der Waals surface area contributed by atoms with Gasteiger partial charge in [0.15, 0.2) is 11.5 Å². The lowest BCUT2D eigenvalue weighted by Gasteiger charge is -2.15. The molecule has 0 atom stereocenters. The highest BCUT2D eigenvalue weighted by Gasteiger charge is 2.12. The van der Waals surface area contributed by atoms with Gasteiger partial charge in [-0.25, -0.2) is 4.39 Å². The molecule has 0 heterocycles. The first-order valence-corrected chi connectivity index (χ1v) is 9.50. The highest BCUT2D eigenvalue weighted by Crippen LogP contribution is 2.37. The van der Waals surface area contributed by atoms with Crippen molar-refractivity contribution in [3.05, 3.63) is 82.1 Å². The van der Waals surface area contributed by atoms with Crippen LogP contribution in [0.1, 0.15) is 11.1 Å². The molecule has 3 aromatic carbocycles. The number of hydrogen-bond acceptors (Lipinski definition) is 4. The molecule has 3 rings (SSSR count). The first kappa shape index (κ1) is 20.0. The molecule has 146 valence electrons. The van der Waals surface area contributed by atoms with E-state index in [1.165, 1.54) is 12.1 Å². The maximum Gasteiger partial charge on any atom is 0.175 e. The lowest BCUT2D eigenvalue weighted by molar-refractivity contribution is 0.282. The minimum Gasteiger partial charge on any atom is -0.497 e. The van der Waals surface area contributed by atoms with Crippen molar-refractivity contribution < 1.29 is 18.6 Å². The average Bonchev–Trinajstić information content (AvgIpc) is 2.72. The van der Waals surface area contributed by atoms with Crippen LogP contribution in [0.5, 0.6) is 17.2 Å². The molecule has 0 spiro atoms. The number of hydrogen-bond donors (Lipinski definition) is 1. The SMILES string of the molecule is COc1ccc(NCc2cc(Br)c(OCc3ccc(F)cc3)c(OC)c2)cc1. The molecule has 0 aliphatic rings. The van der Waals surface area contributed by atoms with Gasteiger partial charge >= 0.3 is 0 Å². The number of halogens is 2. The van der Waals surface area contributed by atoms with E-state index in [-0.39, 0.29) is 5.82 Å². The van der Waals surface area contributed by atoms with Crippen LogP contribution in [0.3, 0.4) is 0 Å². The van der Waals surface area contributed by atoms with Crippen molar-refractivity contribution in [1.29, 1.82) is 0 Å². The van der Waals surface area contributed by atoms with Gasteiger partial charge in [-0.1, -0.05) is 12.1 Å². The first-order valence-electron chi connectivity index (χ1n) is 8.70. The molecule has 0 saturated heterocycles. The van der Waals surface area contributed by atoms with Crippen molar-refractivity contribution in [3.8, 4) is 17.2 Å². The molecule has 1 N–H and O–H groups in total. The van der Waals surface area contributed by atoms with Gasteiger partial charge in [0.2, 0.25) is 0 Å². The van der Waals surface area contributed by atoms with Crippen LogP contribution >= 0.6 is 15.9 Å². The summed E-state index contributed by atoms with van der Waals surface area (Å²) in [4.78, 5) is 0.